The highest BCUT2D eigenvalue weighted by molar-refractivity contribution is 5.97. The smallest absolute Gasteiger partial charge is 0.338 e. The number of esters is 1. The summed E-state index contributed by atoms with van der Waals surface area (Å²) in [6.45, 7) is 4.31. The van der Waals surface area contributed by atoms with E-state index in [-0.39, 0.29) is 18.4 Å². The van der Waals surface area contributed by atoms with Crippen molar-refractivity contribution in [2.45, 2.75) is 13.8 Å². The maximum absolute atomic E-state index is 11.9. The predicted octanol–water partition coefficient (Wildman–Crippen LogP) is 3.76. The second kappa shape index (κ2) is 8.13. The Morgan fingerprint density at radius 1 is 0.913 bits per heavy atom. The number of benzene rings is 2. The molecule has 0 radical (unpaired) electrons. The summed E-state index contributed by atoms with van der Waals surface area (Å²) in [5.74, 6) is 0.386. The van der Waals surface area contributed by atoms with E-state index in [4.69, 9.17) is 9.47 Å². The number of carbonyl (C=O) groups is 2. The highest BCUT2D eigenvalue weighted by Gasteiger charge is 2.09. The van der Waals surface area contributed by atoms with Crippen molar-refractivity contribution in [2.24, 2.45) is 5.92 Å². The van der Waals surface area contributed by atoms with Crippen molar-refractivity contribution >= 4 is 11.8 Å². The van der Waals surface area contributed by atoms with Gasteiger partial charge in [-0.05, 0) is 30.2 Å². The molecule has 0 fully saturated rings. The Bertz CT molecular complexity index is 645. The van der Waals surface area contributed by atoms with E-state index in [1.807, 2.05) is 32.0 Å². The quantitative estimate of drug-likeness (QED) is 0.577. The number of hydrogen-bond acceptors (Lipinski definition) is 4. The molecule has 0 saturated carbocycles. The van der Waals surface area contributed by atoms with E-state index in [0.29, 0.717) is 29.4 Å². The fourth-order valence-corrected chi connectivity index (χ4v) is 1.87. The highest BCUT2D eigenvalue weighted by atomic mass is 16.5. The summed E-state index contributed by atoms with van der Waals surface area (Å²) in [4.78, 5) is 23.7. The van der Waals surface area contributed by atoms with Crippen LogP contribution >= 0.6 is 0 Å². The Kier molecular flexibility index (Phi) is 5.92. The first-order valence-electron chi connectivity index (χ1n) is 7.54. The number of hydrogen-bond donors (Lipinski definition) is 0. The van der Waals surface area contributed by atoms with Crippen LogP contribution in [0.15, 0.2) is 54.6 Å². The van der Waals surface area contributed by atoms with Crippen molar-refractivity contribution in [1.82, 2.24) is 0 Å². The zero-order valence-electron chi connectivity index (χ0n) is 13.3. The van der Waals surface area contributed by atoms with Crippen molar-refractivity contribution in [1.29, 1.82) is 0 Å². The molecule has 2 rings (SSSR count). The van der Waals surface area contributed by atoms with Crippen LogP contribution in [0.4, 0.5) is 0 Å². The molecule has 2 aromatic rings. The molecule has 120 valence electrons. The normalized spacial score (nSPS) is 10.4. The first-order valence-corrected chi connectivity index (χ1v) is 7.54. The van der Waals surface area contributed by atoms with Gasteiger partial charge in [0.25, 0.3) is 0 Å². The van der Waals surface area contributed by atoms with Crippen LogP contribution in [-0.4, -0.2) is 25.0 Å². The minimum atomic E-state index is -0.356. The zero-order valence-corrected chi connectivity index (χ0v) is 13.3. The van der Waals surface area contributed by atoms with E-state index in [2.05, 4.69) is 0 Å². The van der Waals surface area contributed by atoms with Gasteiger partial charge in [0.1, 0.15) is 5.75 Å². The van der Waals surface area contributed by atoms with Crippen LogP contribution in [0.5, 0.6) is 5.75 Å². The van der Waals surface area contributed by atoms with Gasteiger partial charge in [0.15, 0.2) is 12.4 Å². The molecule has 0 saturated heterocycles. The Hall–Kier alpha value is -2.62. The van der Waals surface area contributed by atoms with Crippen molar-refractivity contribution in [3.8, 4) is 5.75 Å². The number of ether oxygens (including phenoxy) is 2. The number of ketones is 1. The molecule has 0 atom stereocenters. The SMILES string of the molecule is CC(C)COC(=O)c1ccc(OCC(=O)c2ccccc2)cc1. The molecule has 0 aliphatic heterocycles. The summed E-state index contributed by atoms with van der Waals surface area (Å²) in [5, 5.41) is 0. The molecule has 4 heteroatoms. The average Bonchev–Trinajstić information content (AvgIpc) is 2.58. The van der Waals surface area contributed by atoms with Crippen molar-refractivity contribution in [2.75, 3.05) is 13.2 Å². The molecule has 0 aliphatic rings. The molecule has 2 aromatic carbocycles. The van der Waals surface area contributed by atoms with Gasteiger partial charge in [0.05, 0.1) is 12.2 Å². The third-order valence-electron chi connectivity index (χ3n) is 3.10. The van der Waals surface area contributed by atoms with Gasteiger partial charge in [0.2, 0.25) is 0 Å². The monoisotopic (exact) mass is 312 g/mol. The molecule has 4 nitrogen and oxygen atoms in total. The van der Waals surface area contributed by atoms with Gasteiger partial charge < -0.3 is 9.47 Å². The molecule has 0 bridgehead atoms. The van der Waals surface area contributed by atoms with Crippen LogP contribution < -0.4 is 4.74 Å². The molecular weight excluding hydrogens is 292 g/mol. The topological polar surface area (TPSA) is 52.6 Å². The third kappa shape index (κ3) is 5.25. The molecule has 0 unspecified atom stereocenters. The lowest BCUT2D eigenvalue weighted by atomic mass is 10.1. The highest BCUT2D eigenvalue weighted by Crippen LogP contribution is 2.14. The van der Waals surface area contributed by atoms with Crippen LogP contribution in [0, 0.1) is 5.92 Å². The molecule has 0 N–H and O–H groups in total. The molecule has 23 heavy (non-hydrogen) atoms. The van der Waals surface area contributed by atoms with Gasteiger partial charge >= 0.3 is 5.97 Å². The summed E-state index contributed by atoms with van der Waals surface area (Å²) < 4.78 is 10.6. The molecule has 0 spiro atoms. The van der Waals surface area contributed by atoms with Crippen molar-refractivity contribution in [3.63, 3.8) is 0 Å². The Balaban J connectivity index is 1.88. The van der Waals surface area contributed by atoms with Crippen molar-refractivity contribution < 1.29 is 19.1 Å². The zero-order chi connectivity index (χ0) is 16.7. The van der Waals surface area contributed by atoms with Gasteiger partial charge in [-0.3, -0.25) is 4.79 Å². The first-order chi connectivity index (χ1) is 11.1. The average molecular weight is 312 g/mol. The maximum atomic E-state index is 11.9. The summed E-state index contributed by atoms with van der Waals surface area (Å²) in [5.41, 5.74) is 1.08. The lowest BCUT2D eigenvalue weighted by Gasteiger charge is -2.08. The van der Waals surface area contributed by atoms with Gasteiger partial charge in [-0.1, -0.05) is 44.2 Å². The van der Waals surface area contributed by atoms with Gasteiger partial charge in [-0.25, -0.2) is 4.79 Å². The summed E-state index contributed by atoms with van der Waals surface area (Å²) in [7, 11) is 0. The molecule has 0 amide bonds. The number of Topliss-reactive ketones (excluding diaryl/α,β-unsaturated/α-hetero) is 1. The second-order valence-electron chi connectivity index (χ2n) is 5.59. The second-order valence-corrected chi connectivity index (χ2v) is 5.59. The predicted molar refractivity (Wildman–Crippen MR) is 87.8 cm³/mol. The van der Waals surface area contributed by atoms with Crippen molar-refractivity contribution in [3.05, 3.63) is 65.7 Å². The standard InChI is InChI=1S/C19H20O4/c1-14(2)12-23-19(21)16-8-10-17(11-9-16)22-13-18(20)15-6-4-3-5-7-15/h3-11,14H,12-13H2,1-2H3. The molecule has 0 heterocycles. The van der Waals surface area contributed by atoms with Crippen LogP contribution in [0.2, 0.25) is 0 Å². The van der Waals surface area contributed by atoms with Crippen LogP contribution in [0.25, 0.3) is 0 Å². The largest absolute Gasteiger partial charge is 0.485 e. The van der Waals surface area contributed by atoms with E-state index >= 15 is 0 Å². The Morgan fingerprint density at radius 2 is 1.57 bits per heavy atom. The van der Waals surface area contributed by atoms with E-state index in [0.717, 1.165) is 0 Å². The van der Waals surface area contributed by atoms with E-state index in [1.54, 1.807) is 36.4 Å². The summed E-state index contributed by atoms with van der Waals surface area (Å²) in [6, 6.07) is 15.5. The number of rotatable bonds is 7. The minimum absolute atomic E-state index is 0.0405. The first kappa shape index (κ1) is 16.7. The summed E-state index contributed by atoms with van der Waals surface area (Å²) >= 11 is 0. The maximum Gasteiger partial charge on any atom is 0.338 e. The van der Waals surface area contributed by atoms with E-state index in [9.17, 15) is 9.59 Å². The Morgan fingerprint density at radius 3 is 2.17 bits per heavy atom. The molecule has 0 aromatic heterocycles. The van der Waals surface area contributed by atoms with E-state index < -0.39 is 0 Å². The summed E-state index contributed by atoms with van der Waals surface area (Å²) in [6.07, 6.45) is 0. The molecular formula is C19H20O4. The fourth-order valence-electron chi connectivity index (χ4n) is 1.87. The number of carbonyl (C=O) groups excluding carboxylic acids is 2. The van der Waals surface area contributed by atoms with Gasteiger partial charge in [0, 0.05) is 5.56 Å². The van der Waals surface area contributed by atoms with Gasteiger partial charge in [-0.15, -0.1) is 0 Å². The van der Waals surface area contributed by atoms with Crippen LogP contribution in [0.1, 0.15) is 34.6 Å². The fraction of sp³-hybridized carbons (Fsp3) is 0.263. The molecule has 0 aliphatic carbocycles. The van der Waals surface area contributed by atoms with Gasteiger partial charge in [-0.2, -0.15) is 0 Å². The minimum Gasteiger partial charge on any atom is -0.485 e. The lowest BCUT2D eigenvalue weighted by Crippen LogP contribution is -2.12. The van der Waals surface area contributed by atoms with Crippen LogP contribution in [-0.2, 0) is 4.74 Å². The van der Waals surface area contributed by atoms with E-state index in [1.165, 1.54) is 0 Å². The third-order valence-corrected chi connectivity index (χ3v) is 3.10. The van der Waals surface area contributed by atoms with Crippen LogP contribution in [0.3, 0.4) is 0 Å². The lowest BCUT2D eigenvalue weighted by molar-refractivity contribution is 0.0458. The Labute approximate surface area is 136 Å².